The topological polar surface area (TPSA) is 75.6 Å². The van der Waals surface area contributed by atoms with Crippen molar-refractivity contribution in [2.45, 2.75) is 12.8 Å². The zero-order valence-corrected chi connectivity index (χ0v) is 19.2. The summed E-state index contributed by atoms with van der Waals surface area (Å²) >= 11 is 6.01. The molecule has 1 aliphatic heterocycles. The molecule has 33 heavy (non-hydrogen) atoms. The third-order valence-corrected chi connectivity index (χ3v) is 5.94. The van der Waals surface area contributed by atoms with Gasteiger partial charge in [0.2, 0.25) is 5.91 Å². The summed E-state index contributed by atoms with van der Waals surface area (Å²) in [6.07, 6.45) is 0.266. The Morgan fingerprint density at radius 1 is 0.939 bits per heavy atom. The molecule has 1 aromatic heterocycles. The number of aromatic nitrogens is 2. The molecule has 0 bridgehead atoms. The molecule has 1 aliphatic rings. The monoisotopic (exact) mass is 464 g/mol. The van der Waals surface area contributed by atoms with Crippen LogP contribution in [0.2, 0.25) is 5.02 Å². The lowest BCUT2D eigenvalue weighted by molar-refractivity contribution is -0.131. The summed E-state index contributed by atoms with van der Waals surface area (Å²) in [5.41, 5.74) is 2.26. The minimum absolute atomic E-state index is 0.0329. The van der Waals surface area contributed by atoms with E-state index in [0.29, 0.717) is 42.5 Å². The van der Waals surface area contributed by atoms with E-state index in [1.54, 1.807) is 23.1 Å². The van der Waals surface area contributed by atoms with Gasteiger partial charge in [0.25, 0.3) is 0 Å². The van der Waals surface area contributed by atoms with Crippen LogP contribution in [-0.2, 0) is 4.79 Å². The maximum absolute atomic E-state index is 12.7. The SMILES string of the molecule is COc1ccc(Cl)cc1C(=O)CCC(=O)N1CCN(c2ccc(-c3ccccc3)nn2)CC1. The molecule has 0 atom stereocenters. The second-order valence-corrected chi connectivity index (χ2v) is 8.21. The van der Waals surface area contributed by atoms with Crippen molar-refractivity contribution in [2.24, 2.45) is 0 Å². The Hall–Kier alpha value is -3.45. The van der Waals surface area contributed by atoms with E-state index in [2.05, 4.69) is 15.1 Å². The number of hydrogen-bond acceptors (Lipinski definition) is 6. The zero-order valence-electron chi connectivity index (χ0n) is 18.4. The molecule has 170 valence electrons. The van der Waals surface area contributed by atoms with E-state index in [1.807, 2.05) is 42.5 Å². The first-order valence-corrected chi connectivity index (χ1v) is 11.2. The molecule has 8 heteroatoms. The number of ether oxygens (including phenoxy) is 1. The number of Topliss-reactive ketones (excluding diaryl/α,β-unsaturated/α-hetero) is 1. The first kappa shape index (κ1) is 22.7. The number of benzene rings is 2. The highest BCUT2D eigenvalue weighted by atomic mass is 35.5. The van der Waals surface area contributed by atoms with Crippen molar-refractivity contribution >= 4 is 29.1 Å². The molecule has 0 N–H and O–H groups in total. The summed E-state index contributed by atoms with van der Waals surface area (Å²) in [6.45, 7) is 2.49. The number of methoxy groups -OCH3 is 1. The molecule has 0 saturated carbocycles. The summed E-state index contributed by atoms with van der Waals surface area (Å²) in [4.78, 5) is 29.2. The van der Waals surface area contributed by atoms with Crippen LogP contribution in [0.1, 0.15) is 23.2 Å². The van der Waals surface area contributed by atoms with E-state index in [-0.39, 0.29) is 24.5 Å². The Labute approximate surface area is 197 Å². The molecule has 0 spiro atoms. The molecule has 1 saturated heterocycles. The van der Waals surface area contributed by atoms with Gasteiger partial charge >= 0.3 is 0 Å². The number of amides is 1. The number of halogens is 1. The van der Waals surface area contributed by atoms with Crippen molar-refractivity contribution < 1.29 is 14.3 Å². The highest BCUT2D eigenvalue weighted by molar-refractivity contribution is 6.31. The van der Waals surface area contributed by atoms with Crippen LogP contribution in [-0.4, -0.2) is 60.1 Å². The van der Waals surface area contributed by atoms with Crippen LogP contribution < -0.4 is 9.64 Å². The predicted octanol–water partition coefficient (Wildman–Crippen LogP) is 4.12. The Morgan fingerprint density at radius 3 is 2.36 bits per heavy atom. The predicted molar refractivity (Wildman–Crippen MR) is 128 cm³/mol. The average Bonchev–Trinajstić information content (AvgIpc) is 2.87. The normalized spacial score (nSPS) is 13.6. The van der Waals surface area contributed by atoms with E-state index < -0.39 is 0 Å². The molecule has 1 fully saturated rings. The largest absolute Gasteiger partial charge is 0.496 e. The Balaban J connectivity index is 1.29. The van der Waals surface area contributed by atoms with E-state index in [4.69, 9.17) is 16.3 Å². The standard InChI is InChI=1S/C25H25ClN4O3/c1-33-23-10-7-19(26)17-20(23)22(31)9-12-25(32)30-15-13-29(14-16-30)24-11-8-21(27-28-24)18-5-3-2-4-6-18/h2-8,10-11,17H,9,12-16H2,1H3. The lowest BCUT2D eigenvalue weighted by Crippen LogP contribution is -2.49. The lowest BCUT2D eigenvalue weighted by Gasteiger charge is -2.35. The van der Waals surface area contributed by atoms with E-state index >= 15 is 0 Å². The maximum Gasteiger partial charge on any atom is 0.223 e. The number of carbonyl (C=O) groups excluding carboxylic acids is 2. The van der Waals surface area contributed by atoms with Gasteiger partial charge in [0.05, 0.1) is 18.4 Å². The van der Waals surface area contributed by atoms with Crippen LogP contribution in [0.25, 0.3) is 11.3 Å². The molecule has 7 nitrogen and oxygen atoms in total. The van der Waals surface area contributed by atoms with Gasteiger partial charge in [-0.15, -0.1) is 10.2 Å². The molecule has 3 aromatic rings. The van der Waals surface area contributed by atoms with Crippen LogP contribution in [0, 0.1) is 0 Å². The van der Waals surface area contributed by atoms with Gasteiger partial charge in [0, 0.05) is 49.6 Å². The zero-order chi connectivity index (χ0) is 23.2. The number of carbonyl (C=O) groups is 2. The van der Waals surface area contributed by atoms with Gasteiger partial charge in [0.15, 0.2) is 11.6 Å². The number of piperazine rings is 1. The summed E-state index contributed by atoms with van der Waals surface area (Å²) < 4.78 is 5.24. The fourth-order valence-corrected chi connectivity index (χ4v) is 4.03. The minimum Gasteiger partial charge on any atom is -0.496 e. The van der Waals surface area contributed by atoms with E-state index in [0.717, 1.165) is 17.1 Å². The molecule has 4 rings (SSSR count). The van der Waals surface area contributed by atoms with Crippen LogP contribution in [0.5, 0.6) is 5.75 Å². The summed E-state index contributed by atoms with van der Waals surface area (Å²) in [5, 5.41) is 9.18. The van der Waals surface area contributed by atoms with Crippen LogP contribution >= 0.6 is 11.6 Å². The van der Waals surface area contributed by atoms with Crippen molar-refractivity contribution in [3.63, 3.8) is 0 Å². The molecule has 2 aromatic carbocycles. The molecule has 0 unspecified atom stereocenters. The van der Waals surface area contributed by atoms with Gasteiger partial charge in [-0.05, 0) is 30.3 Å². The molecular weight excluding hydrogens is 440 g/mol. The maximum atomic E-state index is 12.7. The highest BCUT2D eigenvalue weighted by Crippen LogP contribution is 2.25. The van der Waals surface area contributed by atoms with Crippen LogP contribution in [0.4, 0.5) is 5.82 Å². The summed E-state index contributed by atoms with van der Waals surface area (Å²) in [5.74, 6) is 1.07. The number of ketones is 1. The molecule has 0 aliphatic carbocycles. The molecule has 0 radical (unpaired) electrons. The average molecular weight is 465 g/mol. The van der Waals surface area contributed by atoms with Crippen LogP contribution in [0.15, 0.2) is 60.7 Å². The third kappa shape index (κ3) is 5.49. The Morgan fingerprint density at radius 2 is 1.70 bits per heavy atom. The first-order valence-electron chi connectivity index (χ1n) is 10.8. The van der Waals surface area contributed by atoms with Gasteiger partial charge in [-0.1, -0.05) is 41.9 Å². The number of nitrogens with zero attached hydrogens (tertiary/aromatic N) is 4. The quantitative estimate of drug-likeness (QED) is 0.490. The Bertz CT molecular complexity index is 1110. The van der Waals surface area contributed by atoms with E-state index in [9.17, 15) is 9.59 Å². The van der Waals surface area contributed by atoms with Crippen molar-refractivity contribution in [1.82, 2.24) is 15.1 Å². The van der Waals surface area contributed by atoms with Gasteiger partial charge in [-0.25, -0.2) is 0 Å². The highest BCUT2D eigenvalue weighted by Gasteiger charge is 2.23. The second kappa shape index (κ2) is 10.4. The fraction of sp³-hybridized carbons (Fsp3) is 0.280. The minimum atomic E-state index is -0.157. The van der Waals surface area contributed by atoms with Gasteiger partial charge in [-0.3, -0.25) is 9.59 Å². The summed E-state index contributed by atoms with van der Waals surface area (Å²) in [6, 6.07) is 18.7. The second-order valence-electron chi connectivity index (χ2n) is 7.78. The molecule has 2 heterocycles. The smallest absolute Gasteiger partial charge is 0.223 e. The number of rotatable bonds is 7. The number of anilines is 1. The van der Waals surface area contributed by atoms with Gasteiger partial charge in [0.1, 0.15) is 5.75 Å². The van der Waals surface area contributed by atoms with Crippen molar-refractivity contribution in [2.75, 3.05) is 38.2 Å². The lowest BCUT2D eigenvalue weighted by atomic mass is 10.0. The molecular formula is C25H25ClN4O3. The molecule has 1 amide bonds. The number of hydrogen-bond donors (Lipinski definition) is 0. The van der Waals surface area contributed by atoms with Crippen LogP contribution in [0.3, 0.4) is 0 Å². The van der Waals surface area contributed by atoms with Crippen molar-refractivity contribution in [3.8, 4) is 17.0 Å². The van der Waals surface area contributed by atoms with Crippen molar-refractivity contribution in [1.29, 1.82) is 0 Å². The first-order chi connectivity index (χ1) is 16.0. The van der Waals surface area contributed by atoms with Crippen molar-refractivity contribution in [3.05, 3.63) is 71.2 Å². The third-order valence-electron chi connectivity index (χ3n) is 5.70. The Kier molecular flexibility index (Phi) is 7.19. The van der Waals surface area contributed by atoms with Gasteiger partial charge < -0.3 is 14.5 Å². The van der Waals surface area contributed by atoms with Gasteiger partial charge in [-0.2, -0.15) is 0 Å². The fourth-order valence-electron chi connectivity index (χ4n) is 3.85. The van der Waals surface area contributed by atoms with E-state index in [1.165, 1.54) is 7.11 Å². The summed E-state index contributed by atoms with van der Waals surface area (Å²) in [7, 11) is 1.50.